The summed E-state index contributed by atoms with van der Waals surface area (Å²) in [6, 6.07) is 0. The number of hydrogen-bond acceptors (Lipinski definition) is 6. The number of aromatic nitrogens is 2. The maximum absolute atomic E-state index is 11.9. The number of ether oxygens (including phenoxy) is 3. The van der Waals surface area contributed by atoms with Gasteiger partial charge >= 0.3 is 0 Å². The van der Waals surface area contributed by atoms with Crippen LogP contribution in [0, 0.1) is 0 Å². The molecule has 6 nitrogen and oxygen atoms in total. The van der Waals surface area contributed by atoms with Gasteiger partial charge in [0.2, 0.25) is 11.8 Å². The van der Waals surface area contributed by atoms with Crippen molar-refractivity contribution in [2.24, 2.45) is 0 Å². The van der Waals surface area contributed by atoms with Crippen molar-refractivity contribution in [3.05, 3.63) is 11.9 Å². The first kappa shape index (κ1) is 13.4. The molecule has 0 radical (unpaired) electrons. The predicted molar refractivity (Wildman–Crippen MR) is 60.6 cm³/mol. The molecular weight excluding hydrogens is 224 g/mol. The van der Waals surface area contributed by atoms with E-state index in [2.05, 4.69) is 9.97 Å². The zero-order chi connectivity index (χ0) is 12.8. The van der Waals surface area contributed by atoms with Gasteiger partial charge in [-0.15, -0.1) is 0 Å². The van der Waals surface area contributed by atoms with Gasteiger partial charge in [0.25, 0.3) is 0 Å². The van der Waals surface area contributed by atoms with Gasteiger partial charge in [0, 0.05) is 13.5 Å². The van der Waals surface area contributed by atoms with E-state index in [4.69, 9.17) is 14.2 Å². The van der Waals surface area contributed by atoms with E-state index in [1.807, 2.05) is 0 Å². The third-order valence-electron chi connectivity index (χ3n) is 2.26. The van der Waals surface area contributed by atoms with Crippen molar-refractivity contribution in [3.63, 3.8) is 0 Å². The highest BCUT2D eigenvalue weighted by Crippen LogP contribution is 2.18. The molecule has 0 amide bonds. The normalized spacial score (nSPS) is 12.0. The summed E-state index contributed by atoms with van der Waals surface area (Å²) in [6.07, 6.45) is 1.44. The highest BCUT2D eigenvalue weighted by Gasteiger charge is 2.18. The first-order valence-corrected chi connectivity index (χ1v) is 5.13. The van der Waals surface area contributed by atoms with Gasteiger partial charge in [0.05, 0.1) is 26.5 Å². The van der Waals surface area contributed by atoms with Crippen molar-refractivity contribution < 1.29 is 19.0 Å². The summed E-state index contributed by atoms with van der Waals surface area (Å²) in [5.74, 6) is 0.294. The molecule has 1 aromatic rings. The van der Waals surface area contributed by atoms with E-state index in [0.717, 1.165) is 0 Å². The second-order valence-electron chi connectivity index (χ2n) is 3.44. The first-order chi connectivity index (χ1) is 8.12. The Kier molecular flexibility index (Phi) is 4.84. The molecule has 0 aliphatic heterocycles. The molecule has 0 spiro atoms. The minimum Gasteiger partial charge on any atom is -0.480 e. The van der Waals surface area contributed by atoms with Crippen LogP contribution in [0.1, 0.15) is 23.8 Å². The molecule has 0 fully saturated rings. The van der Waals surface area contributed by atoms with Gasteiger partial charge in [0.15, 0.2) is 11.5 Å². The van der Waals surface area contributed by atoms with Crippen LogP contribution in [0.25, 0.3) is 0 Å². The molecule has 0 saturated carbocycles. The zero-order valence-electron chi connectivity index (χ0n) is 10.4. The van der Waals surface area contributed by atoms with Gasteiger partial charge in [0.1, 0.15) is 0 Å². The minimum atomic E-state index is -0.175. The lowest BCUT2D eigenvalue weighted by Crippen LogP contribution is -2.15. The maximum atomic E-state index is 11.9. The monoisotopic (exact) mass is 240 g/mol. The molecule has 0 N–H and O–H groups in total. The lowest BCUT2D eigenvalue weighted by Gasteiger charge is -2.10. The van der Waals surface area contributed by atoms with Crippen LogP contribution in [-0.4, -0.2) is 43.2 Å². The molecule has 0 aromatic carbocycles. The van der Waals surface area contributed by atoms with Crippen LogP contribution in [0.15, 0.2) is 6.20 Å². The van der Waals surface area contributed by atoms with E-state index in [9.17, 15) is 4.79 Å². The summed E-state index contributed by atoms with van der Waals surface area (Å²) in [7, 11) is 4.45. The zero-order valence-corrected chi connectivity index (χ0v) is 10.4. The lowest BCUT2D eigenvalue weighted by molar-refractivity contribution is 0.0784. The standard InChI is InChI=1S/C11H16N2O4/c1-7(15-2)5-8(14)10-11(17-4)13-9(16-3)6-12-10/h6-7H,5H2,1-4H3. The smallest absolute Gasteiger partial charge is 0.246 e. The number of Topliss-reactive ketones (excluding diaryl/α,β-unsaturated/α-hetero) is 1. The molecule has 17 heavy (non-hydrogen) atoms. The summed E-state index contributed by atoms with van der Waals surface area (Å²) >= 11 is 0. The van der Waals surface area contributed by atoms with Crippen molar-refractivity contribution >= 4 is 5.78 Å². The Hall–Kier alpha value is -1.69. The molecule has 1 unspecified atom stereocenters. The third kappa shape index (κ3) is 3.39. The number of carbonyl (C=O) groups excluding carboxylic acids is 1. The third-order valence-corrected chi connectivity index (χ3v) is 2.26. The quantitative estimate of drug-likeness (QED) is 0.693. The Balaban J connectivity index is 2.93. The average molecular weight is 240 g/mol. The van der Waals surface area contributed by atoms with Crippen molar-refractivity contribution in [2.75, 3.05) is 21.3 Å². The van der Waals surface area contributed by atoms with Gasteiger partial charge in [-0.2, -0.15) is 4.98 Å². The molecule has 6 heteroatoms. The fourth-order valence-electron chi connectivity index (χ4n) is 1.23. The molecule has 0 bridgehead atoms. The first-order valence-electron chi connectivity index (χ1n) is 5.13. The fraction of sp³-hybridized carbons (Fsp3) is 0.545. The van der Waals surface area contributed by atoms with Gasteiger partial charge in [-0.1, -0.05) is 0 Å². The molecule has 1 heterocycles. The van der Waals surface area contributed by atoms with E-state index < -0.39 is 0 Å². The van der Waals surface area contributed by atoms with Crippen LogP contribution in [-0.2, 0) is 4.74 Å². The van der Waals surface area contributed by atoms with Crippen LogP contribution in [0.3, 0.4) is 0 Å². The molecular formula is C11H16N2O4. The second-order valence-corrected chi connectivity index (χ2v) is 3.44. The topological polar surface area (TPSA) is 70.5 Å². The minimum absolute atomic E-state index is 0.164. The lowest BCUT2D eigenvalue weighted by atomic mass is 10.1. The van der Waals surface area contributed by atoms with E-state index in [1.165, 1.54) is 20.4 Å². The van der Waals surface area contributed by atoms with E-state index in [1.54, 1.807) is 14.0 Å². The predicted octanol–water partition coefficient (Wildman–Crippen LogP) is 1.10. The van der Waals surface area contributed by atoms with Crippen molar-refractivity contribution in [2.45, 2.75) is 19.4 Å². The number of hydrogen-bond donors (Lipinski definition) is 0. The highest BCUT2D eigenvalue weighted by molar-refractivity contribution is 5.96. The van der Waals surface area contributed by atoms with E-state index >= 15 is 0 Å². The van der Waals surface area contributed by atoms with Crippen molar-refractivity contribution in [3.8, 4) is 11.8 Å². The maximum Gasteiger partial charge on any atom is 0.246 e. The number of ketones is 1. The SMILES string of the molecule is COc1cnc(C(=O)CC(C)OC)c(OC)n1. The Morgan fingerprint density at radius 3 is 2.59 bits per heavy atom. The Labute approximate surface area is 99.9 Å². The van der Waals surface area contributed by atoms with Crippen LogP contribution in [0.5, 0.6) is 11.8 Å². The van der Waals surface area contributed by atoms with Crippen LogP contribution in [0.2, 0.25) is 0 Å². The van der Waals surface area contributed by atoms with Gasteiger partial charge < -0.3 is 14.2 Å². The van der Waals surface area contributed by atoms with Gasteiger partial charge in [-0.05, 0) is 6.92 Å². The van der Waals surface area contributed by atoms with Gasteiger partial charge in [-0.3, -0.25) is 4.79 Å². The Bertz CT molecular complexity index is 395. The Morgan fingerprint density at radius 1 is 1.35 bits per heavy atom. The number of nitrogens with zero attached hydrogens (tertiary/aromatic N) is 2. The van der Waals surface area contributed by atoms with Crippen molar-refractivity contribution in [1.82, 2.24) is 9.97 Å². The number of methoxy groups -OCH3 is 3. The van der Waals surface area contributed by atoms with Crippen LogP contribution in [0.4, 0.5) is 0 Å². The summed E-state index contributed by atoms with van der Waals surface area (Å²) in [4.78, 5) is 19.9. The number of carbonyl (C=O) groups is 1. The molecule has 1 aromatic heterocycles. The molecule has 1 atom stereocenters. The highest BCUT2D eigenvalue weighted by atomic mass is 16.5. The summed E-state index contributed by atoms with van der Waals surface area (Å²) in [5.41, 5.74) is 0.192. The summed E-state index contributed by atoms with van der Waals surface area (Å²) in [6.45, 7) is 1.81. The Morgan fingerprint density at radius 2 is 2.06 bits per heavy atom. The largest absolute Gasteiger partial charge is 0.480 e. The molecule has 0 saturated heterocycles. The van der Waals surface area contributed by atoms with E-state index in [-0.39, 0.29) is 29.9 Å². The summed E-state index contributed by atoms with van der Waals surface area (Å²) in [5, 5.41) is 0. The fourth-order valence-corrected chi connectivity index (χ4v) is 1.23. The molecule has 0 aliphatic carbocycles. The second kappa shape index (κ2) is 6.15. The average Bonchev–Trinajstić information content (AvgIpc) is 2.37. The van der Waals surface area contributed by atoms with Crippen LogP contribution < -0.4 is 9.47 Å². The van der Waals surface area contributed by atoms with Crippen LogP contribution >= 0.6 is 0 Å². The molecule has 1 rings (SSSR count). The molecule has 0 aliphatic rings. The molecule has 94 valence electrons. The number of rotatable bonds is 6. The van der Waals surface area contributed by atoms with E-state index in [0.29, 0.717) is 5.88 Å². The summed E-state index contributed by atoms with van der Waals surface area (Å²) < 4.78 is 14.9. The van der Waals surface area contributed by atoms with Gasteiger partial charge in [-0.25, -0.2) is 4.98 Å². The van der Waals surface area contributed by atoms with Crippen molar-refractivity contribution in [1.29, 1.82) is 0 Å².